The first-order valence-electron chi connectivity index (χ1n) is 8.41. The Kier molecular flexibility index (Phi) is 17.4. The lowest BCUT2D eigenvalue weighted by Gasteiger charge is -2.11. The standard InChI is InChI=1S/C14H22N2O.2C2H6/c1-3-4-5-8-12(2)14(17)16-11-13-9-6-7-10-15-13;2*1-2/h6-7,9-10,12H,3-5,8,11H2,1-2H3,(H,16,17);2*1-2H3. The summed E-state index contributed by atoms with van der Waals surface area (Å²) in [6, 6.07) is 5.72. The number of aromatic nitrogens is 1. The molecule has 3 nitrogen and oxygen atoms in total. The molecular weight excluding hydrogens is 260 g/mol. The quantitative estimate of drug-likeness (QED) is 0.722. The van der Waals surface area contributed by atoms with Gasteiger partial charge in [-0.05, 0) is 18.6 Å². The van der Waals surface area contributed by atoms with Gasteiger partial charge in [0.15, 0.2) is 0 Å². The zero-order valence-electron chi connectivity index (χ0n) is 14.8. The largest absolute Gasteiger partial charge is 0.350 e. The normalized spacial score (nSPS) is 10.4. The number of unbranched alkanes of at least 4 members (excludes halogenated alkanes) is 2. The van der Waals surface area contributed by atoms with E-state index in [1.165, 1.54) is 12.8 Å². The smallest absolute Gasteiger partial charge is 0.223 e. The molecule has 0 aliphatic heterocycles. The predicted molar refractivity (Wildman–Crippen MR) is 92.1 cm³/mol. The van der Waals surface area contributed by atoms with Gasteiger partial charge in [-0.3, -0.25) is 9.78 Å². The van der Waals surface area contributed by atoms with Crippen molar-refractivity contribution in [3.05, 3.63) is 30.1 Å². The molecule has 0 aliphatic rings. The number of rotatable bonds is 7. The highest BCUT2D eigenvalue weighted by atomic mass is 16.1. The van der Waals surface area contributed by atoms with Crippen molar-refractivity contribution in [3.8, 4) is 0 Å². The third-order valence-electron chi connectivity index (χ3n) is 2.86. The fraction of sp³-hybridized carbons (Fsp3) is 0.667. The van der Waals surface area contributed by atoms with E-state index in [1.54, 1.807) is 6.20 Å². The molecule has 0 spiro atoms. The van der Waals surface area contributed by atoms with E-state index in [4.69, 9.17) is 0 Å². The molecule has 0 fully saturated rings. The summed E-state index contributed by atoms with van der Waals surface area (Å²) in [6.45, 7) is 12.7. The van der Waals surface area contributed by atoms with Gasteiger partial charge in [-0.15, -0.1) is 0 Å². The number of nitrogens with one attached hydrogen (secondary N) is 1. The zero-order valence-corrected chi connectivity index (χ0v) is 14.8. The molecule has 3 heteroatoms. The molecule has 0 saturated carbocycles. The second kappa shape index (κ2) is 16.7. The van der Waals surface area contributed by atoms with Crippen LogP contribution in [0.5, 0.6) is 0 Å². The third-order valence-corrected chi connectivity index (χ3v) is 2.86. The molecule has 21 heavy (non-hydrogen) atoms. The van der Waals surface area contributed by atoms with Crippen LogP contribution in [0.4, 0.5) is 0 Å². The minimum atomic E-state index is 0.102. The topological polar surface area (TPSA) is 42.0 Å². The second-order valence-electron chi connectivity index (χ2n) is 4.44. The van der Waals surface area contributed by atoms with E-state index in [1.807, 2.05) is 52.8 Å². The first kappa shape index (κ1) is 21.9. The summed E-state index contributed by atoms with van der Waals surface area (Å²) in [4.78, 5) is 15.9. The highest BCUT2D eigenvalue weighted by molar-refractivity contribution is 5.78. The second-order valence-corrected chi connectivity index (χ2v) is 4.44. The van der Waals surface area contributed by atoms with Gasteiger partial charge in [0.1, 0.15) is 0 Å². The van der Waals surface area contributed by atoms with E-state index in [-0.39, 0.29) is 11.8 Å². The first-order valence-corrected chi connectivity index (χ1v) is 8.41. The summed E-state index contributed by atoms with van der Waals surface area (Å²) in [6.07, 6.45) is 6.25. The van der Waals surface area contributed by atoms with Gasteiger partial charge in [0, 0.05) is 12.1 Å². The molecule has 1 aromatic heterocycles. The SMILES string of the molecule is CC.CC.CCCCCC(C)C(=O)NCc1ccccn1. The Hall–Kier alpha value is -1.38. The van der Waals surface area contributed by atoms with Gasteiger partial charge in [-0.25, -0.2) is 0 Å². The number of amides is 1. The van der Waals surface area contributed by atoms with Gasteiger partial charge in [0.05, 0.1) is 12.2 Å². The molecular formula is C18H34N2O. The minimum absolute atomic E-state index is 0.102. The van der Waals surface area contributed by atoms with Crippen LogP contribution >= 0.6 is 0 Å². The predicted octanol–water partition coefficient (Wildman–Crippen LogP) is 4.97. The van der Waals surface area contributed by atoms with Crippen LogP contribution in [0.2, 0.25) is 0 Å². The van der Waals surface area contributed by atoms with Crippen LogP contribution in [0.15, 0.2) is 24.4 Å². The summed E-state index contributed by atoms with van der Waals surface area (Å²) in [5.74, 6) is 0.233. The van der Waals surface area contributed by atoms with Gasteiger partial charge in [-0.2, -0.15) is 0 Å². The fourth-order valence-corrected chi connectivity index (χ4v) is 1.69. The average Bonchev–Trinajstić information content (AvgIpc) is 2.57. The number of carbonyl (C=O) groups excluding carboxylic acids is 1. The van der Waals surface area contributed by atoms with Crippen LogP contribution in [-0.2, 0) is 11.3 Å². The first-order chi connectivity index (χ1) is 10.2. The summed E-state index contributed by atoms with van der Waals surface area (Å²) < 4.78 is 0. The summed E-state index contributed by atoms with van der Waals surface area (Å²) in [5, 5.41) is 2.92. The van der Waals surface area contributed by atoms with Crippen LogP contribution in [0.1, 0.15) is 72.9 Å². The van der Waals surface area contributed by atoms with Crippen molar-refractivity contribution in [2.75, 3.05) is 0 Å². The van der Waals surface area contributed by atoms with E-state index in [0.29, 0.717) is 6.54 Å². The number of pyridine rings is 1. The van der Waals surface area contributed by atoms with E-state index in [2.05, 4.69) is 17.2 Å². The number of hydrogen-bond acceptors (Lipinski definition) is 2. The maximum Gasteiger partial charge on any atom is 0.223 e. The monoisotopic (exact) mass is 294 g/mol. The lowest BCUT2D eigenvalue weighted by atomic mass is 10.0. The summed E-state index contributed by atoms with van der Waals surface area (Å²) >= 11 is 0. The van der Waals surface area contributed by atoms with Crippen LogP contribution in [0.25, 0.3) is 0 Å². The van der Waals surface area contributed by atoms with Crippen molar-refractivity contribution in [2.24, 2.45) is 5.92 Å². The summed E-state index contributed by atoms with van der Waals surface area (Å²) in [5.41, 5.74) is 0.904. The number of carbonyl (C=O) groups is 1. The molecule has 0 bridgehead atoms. The molecule has 1 rings (SSSR count). The summed E-state index contributed by atoms with van der Waals surface area (Å²) in [7, 11) is 0. The van der Waals surface area contributed by atoms with Crippen LogP contribution in [0, 0.1) is 5.92 Å². The van der Waals surface area contributed by atoms with E-state index in [9.17, 15) is 4.79 Å². The van der Waals surface area contributed by atoms with Crippen LogP contribution in [-0.4, -0.2) is 10.9 Å². The Labute approximate surface area is 131 Å². The highest BCUT2D eigenvalue weighted by Gasteiger charge is 2.11. The maximum atomic E-state index is 11.8. The minimum Gasteiger partial charge on any atom is -0.350 e. The Morgan fingerprint density at radius 2 is 1.86 bits per heavy atom. The van der Waals surface area contributed by atoms with E-state index in [0.717, 1.165) is 18.5 Å². The van der Waals surface area contributed by atoms with E-state index < -0.39 is 0 Å². The van der Waals surface area contributed by atoms with E-state index >= 15 is 0 Å². The Morgan fingerprint density at radius 3 is 2.38 bits per heavy atom. The Bertz CT molecular complexity index is 325. The van der Waals surface area contributed by atoms with Crippen LogP contribution < -0.4 is 5.32 Å². The molecule has 0 aliphatic carbocycles. The lowest BCUT2D eigenvalue weighted by Crippen LogP contribution is -2.29. The van der Waals surface area contributed by atoms with Crippen molar-refractivity contribution < 1.29 is 4.79 Å². The maximum absolute atomic E-state index is 11.8. The molecule has 0 aromatic carbocycles. The lowest BCUT2D eigenvalue weighted by molar-refractivity contribution is -0.124. The van der Waals surface area contributed by atoms with Crippen LogP contribution in [0.3, 0.4) is 0 Å². The van der Waals surface area contributed by atoms with Crippen molar-refractivity contribution in [1.82, 2.24) is 10.3 Å². The van der Waals surface area contributed by atoms with Crippen molar-refractivity contribution in [3.63, 3.8) is 0 Å². The Balaban J connectivity index is 0. The van der Waals surface area contributed by atoms with Gasteiger partial charge in [0.25, 0.3) is 0 Å². The molecule has 1 aromatic rings. The fourth-order valence-electron chi connectivity index (χ4n) is 1.69. The van der Waals surface area contributed by atoms with Gasteiger partial charge < -0.3 is 5.32 Å². The van der Waals surface area contributed by atoms with Gasteiger partial charge in [0.2, 0.25) is 5.91 Å². The number of nitrogens with zero attached hydrogens (tertiary/aromatic N) is 1. The third kappa shape index (κ3) is 12.1. The average molecular weight is 294 g/mol. The Morgan fingerprint density at radius 1 is 1.19 bits per heavy atom. The molecule has 1 amide bonds. The molecule has 1 unspecified atom stereocenters. The molecule has 1 N–H and O–H groups in total. The highest BCUT2D eigenvalue weighted by Crippen LogP contribution is 2.09. The molecule has 0 radical (unpaired) electrons. The van der Waals surface area contributed by atoms with Crippen molar-refractivity contribution in [1.29, 1.82) is 0 Å². The number of hydrogen-bond donors (Lipinski definition) is 1. The molecule has 122 valence electrons. The molecule has 1 heterocycles. The molecule has 0 saturated heterocycles. The van der Waals surface area contributed by atoms with Crippen molar-refractivity contribution >= 4 is 5.91 Å². The van der Waals surface area contributed by atoms with Gasteiger partial charge in [-0.1, -0.05) is 66.9 Å². The molecule has 1 atom stereocenters. The zero-order chi connectivity index (χ0) is 16.5. The van der Waals surface area contributed by atoms with Crippen molar-refractivity contribution in [2.45, 2.75) is 73.8 Å². The van der Waals surface area contributed by atoms with Gasteiger partial charge >= 0.3 is 0 Å².